The molecule has 1 fully saturated rings. The first-order chi connectivity index (χ1) is 14.4. The van der Waals surface area contributed by atoms with Crippen molar-refractivity contribution in [3.05, 3.63) is 54.1 Å². The van der Waals surface area contributed by atoms with Crippen LogP contribution in [0.1, 0.15) is 25.3 Å². The lowest BCUT2D eigenvalue weighted by molar-refractivity contribution is -0.118. The highest BCUT2D eigenvalue weighted by Crippen LogP contribution is 2.34. The van der Waals surface area contributed by atoms with Gasteiger partial charge in [-0.25, -0.2) is 13.1 Å². The van der Waals surface area contributed by atoms with E-state index in [2.05, 4.69) is 27.1 Å². The van der Waals surface area contributed by atoms with E-state index in [1.807, 2.05) is 25.1 Å². The van der Waals surface area contributed by atoms with E-state index in [1.54, 1.807) is 30.0 Å². The van der Waals surface area contributed by atoms with E-state index in [-0.39, 0.29) is 22.8 Å². The number of piperidine rings is 1. The first-order valence-electron chi connectivity index (χ1n) is 10.3. The first-order valence-corrected chi connectivity index (χ1v) is 12.7. The summed E-state index contributed by atoms with van der Waals surface area (Å²) in [4.78, 5) is 15.6. The molecular formula is C22H27N3O3S2. The molecule has 2 aromatic rings. The zero-order valence-electron chi connectivity index (χ0n) is 17.0. The molecule has 2 N–H and O–H groups in total. The average molecular weight is 446 g/mol. The van der Waals surface area contributed by atoms with Crippen LogP contribution in [0.2, 0.25) is 0 Å². The van der Waals surface area contributed by atoms with Gasteiger partial charge in [0.1, 0.15) is 0 Å². The van der Waals surface area contributed by atoms with Gasteiger partial charge >= 0.3 is 0 Å². The van der Waals surface area contributed by atoms with Gasteiger partial charge in [-0.15, -0.1) is 11.8 Å². The fraction of sp³-hybridized carbons (Fsp3) is 0.409. The summed E-state index contributed by atoms with van der Waals surface area (Å²) in [6.45, 7) is 4.48. The minimum Gasteiger partial charge on any atom is -0.325 e. The van der Waals surface area contributed by atoms with Crippen LogP contribution in [0.4, 0.5) is 5.69 Å². The summed E-state index contributed by atoms with van der Waals surface area (Å²) in [5.74, 6) is 0.501. The highest BCUT2D eigenvalue weighted by atomic mass is 32.2. The van der Waals surface area contributed by atoms with Gasteiger partial charge in [-0.05, 0) is 36.6 Å². The number of fused-ring (bicyclic) bond motifs is 1. The number of nitrogens with one attached hydrogen (secondary N) is 2. The maximum Gasteiger partial charge on any atom is 0.240 e. The number of carbonyl (C=O) groups is 1. The number of hydrogen-bond donors (Lipinski definition) is 2. The minimum absolute atomic E-state index is 0.0745. The Kier molecular flexibility index (Phi) is 6.48. The number of rotatable bonds is 5. The topological polar surface area (TPSA) is 78.5 Å². The summed E-state index contributed by atoms with van der Waals surface area (Å²) in [5, 5.41) is 2.86. The molecule has 4 rings (SSSR count). The van der Waals surface area contributed by atoms with Crippen molar-refractivity contribution in [3.63, 3.8) is 0 Å². The summed E-state index contributed by atoms with van der Waals surface area (Å²) in [6, 6.07) is 15.2. The molecule has 0 spiro atoms. The van der Waals surface area contributed by atoms with Crippen molar-refractivity contribution >= 4 is 33.4 Å². The number of nitrogens with zero attached hydrogens (tertiary/aromatic N) is 1. The molecular weight excluding hydrogens is 418 g/mol. The van der Waals surface area contributed by atoms with Crippen molar-refractivity contribution in [2.75, 3.05) is 24.2 Å². The zero-order chi connectivity index (χ0) is 21.1. The average Bonchev–Trinajstić information content (AvgIpc) is 2.88. The summed E-state index contributed by atoms with van der Waals surface area (Å²) in [5.41, 5.74) is 1.85. The van der Waals surface area contributed by atoms with Crippen molar-refractivity contribution in [2.45, 2.75) is 42.1 Å². The lowest BCUT2D eigenvalue weighted by Crippen LogP contribution is -2.44. The third-order valence-electron chi connectivity index (χ3n) is 5.61. The summed E-state index contributed by atoms with van der Waals surface area (Å²) < 4.78 is 28.8. The van der Waals surface area contributed by atoms with Crippen LogP contribution in [-0.4, -0.2) is 44.1 Å². The third-order valence-corrected chi connectivity index (χ3v) is 8.47. The van der Waals surface area contributed by atoms with Crippen LogP contribution in [-0.2, 0) is 21.4 Å². The van der Waals surface area contributed by atoms with E-state index in [9.17, 15) is 13.2 Å². The highest BCUT2D eigenvalue weighted by Gasteiger charge is 2.26. The van der Waals surface area contributed by atoms with Gasteiger partial charge in [0.15, 0.2) is 0 Å². The molecule has 2 aliphatic rings. The Labute approximate surface area is 182 Å². The third kappa shape index (κ3) is 5.06. The van der Waals surface area contributed by atoms with Gasteiger partial charge in [0.05, 0.1) is 10.6 Å². The van der Waals surface area contributed by atoms with E-state index in [0.717, 1.165) is 37.4 Å². The number of likely N-dealkylation sites (tertiary alicyclic amines) is 1. The normalized spacial score (nSPS) is 21.0. The van der Waals surface area contributed by atoms with E-state index in [4.69, 9.17) is 0 Å². The molecule has 160 valence electrons. The van der Waals surface area contributed by atoms with Crippen molar-refractivity contribution in [2.24, 2.45) is 5.92 Å². The van der Waals surface area contributed by atoms with E-state index < -0.39 is 10.0 Å². The molecule has 30 heavy (non-hydrogen) atoms. The largest absolute Gasteiger partial charge is 0.325 e. The fourth-order valence-corrected chi connectivity index (χ4v) is 6.13. The van der Waals surface area contributed by atoms with E-state index >= 15 is 0 Å². The molecule has 1 unspecified atom stereocenters. The fourth-order valence-electron chi connectivity index (χ4n) is 3.78. The number of anilines is 1. The van der Waals surface area contributed by atoms with Crippen LogP contribution in [0.25, 0.3) is 0 Å². The van der Waals surface area contributed by atoms with Crippen LogP contribution in [0.5, 0.6) is 0 Å². The second-order valence-corrected chi connectivity index (χ2v) is 10.8. The standard InChI is InChI=1S/C22H27N3O3S2/c1-16-15-29-21-8-7-19(13-20(21)23-22(16)26)30(27,28)24-18-9-11-25(12-10-18)14-17-5-3-2-4-6-17/h2-8,13,16,18,24H,9-12,14-15H2,1H3,(H,23,26). The van der Waals surface area contributed by atoms with Gasteiger partial charge in [-0.2, -0.15) is 0 Å². The number of amides is 1. The Bertz CT molecular complexity index is 1000. The Morgan fingerprint density at radius 1 is 1.13 bits per heavy atom. The summed E-state index contributed by atoms with van der Waals surface area (Å²) in [6.07, 6.45) is 1.56. The van der Waals surface area contributed by atoms with E-state index in [1.165, 1.54) is 5.56 Å². The number of thioether (sulfide) groups is 1. The minimum atomic E-state index is -3.64. The molecule has 6 nitrogen and oxygen atoms in total. The van der Waals surface area contributed by atoms with Crippen molar-refractivity contribution in [1.29, 1.82) is 0 Å². The molecule has 1 atom stereocenters. The van der Waals surface area contributed by atoms with Crippen LogP contribution >= 0.6 is 11.8 Å². The Morgan fingerprint density at radius 2 is 1.87 bits per heavy atom. The SMILES string of the molecule is CC1CSc2ccc(S(=O)(=O)NC3CCN(Cc4ccccc4)CC3)cc2NC1=O. The maximum atomic E-state index is 12.9. The lowest BCUT2D eigenvalue weighted by Gasteiger charge is -2.32. The molecule has 2 aromatic carbocycles. The molecule has 0 aliphatic carbocycles. The van der Waals surface area contributed by atoms with Crippen LogP contribution < -0.4 is 10.0 Å². The molecule has 8 heteroatoms. The molecule has 1 saturated heterocycles. The first kappa shape index (κ1) is 21.4. The number of sulfonamides is 1. The molecule has 0 aromatic heterocycles. The van der Waals surface area contributed by atoms with Gasteiger partial charge in [-0.1, -0.05) is 37.3 Å². The van der Waals surface area contributed by atoms with Gasteiger partial charge in [0.25, 0.3) is 0 Å². The zero-order valence-corrected chi connectivity index (χ0v) is 18.6. The number of hydrogen-bond acceptors (Lipinski definition) is 5. The summed E-state index contributed by atoms with van der Waals surface area (Å²) >= 11 is 1.57. The second-order valence-electron chi connectivity index (χ2n) is 8.02. The van der Waals surface area contributed by atoms with E-state index in [0.29, 0.717) is 11.4 Å². The summed E-state index contributed by atoms with van der Waals surface area (Å²) in [7, 11) is -3.64. The highest BCUT2D eigenvalue weighted by molar-refractivity contribution is 7.99. The van der Waals surface area contributed by atoms with Gasteiger partial charge in [-0.3, -0.25) is 9.69 Å². The van der Waals surface area contributed by atoms with Crippen molar-refractivity contribution in [1.82, 2.24) is 9.62 Å². The molecule has 0 bridgehead atoms. The van der Waals surface area contributed by atoms with Gasteiger partial charge in [0.2, 0.25) is 15.9 Å². The quantitative estimate of drug-likeness (QED) is 0.738. The molecule has 1 amide bonds. The molecule has 0 saturated carbocycles. The van der Waals surface area contributed by atoms with Crippen LogP contribution in [0.15, 0.2) is 58.3 Å². The number of carbonyl (C=O) groups excluding carboxylic acids is 1. The van der Waals surface area contributed by atoms with Gasteiger partial charge < -0.3 is 5.32 Å². The van der Waals surface area contributed by atoms with Crippen LogP contribution in [0.3, 0.4) is 0 Å². The van der Waals surface area contributed by atoms with Crippen LogP contribution in [0, 0.1) is 5.92 Å². The Hall–Kier alpha value is -1.87. The monoisotopic (exact) mass is 445 g/mol. The Morgan fingerprint density at radius 3 is 2.60 bits per heavy atom. The predicted molar refractivity (Wildman–Crippen MR) is 120 cm³/mol. The van der Waals surface area contributed by atoms with Crippen molar-refractivity contribution in [3.8, 4) is 0 Å². The molecule has 2 aliphatic heterocycles. The van der Waals surface area contributed by atoms with Crippen molar-refractivity contribution < 1.29 is 13.2 Å². The lowest BCUT2D eigenvalue weighted by atomic mass is 10.1. The smallest absolute Gasteiger partial charge is 0.240 e. The predicted octanol–water partition coefficient (Wildman–Crippen LogP) is 3.31. The molecule has 0 radical (unpaired) electrons. The molecule has 2 heterocycles. The van der Waals surface area contributed by atoms with Gasteiger partial charge in [0, 0.05) is 42.2 Å². The Balaban J connectivity index is 1.38. The second kappa shape index (κ2) is 9.09. The number of benzene rings is 2. The maximum absolute atomic E-state index is 12.9.